The van der Waals surface area contributed by atoms with E-state index in [1.54, 1.807) is 0 Å². The van der Waals surface area contributed by atoms with Crippen LogP contribution >= 0.6 is 11.3 Å². The molecule has 0 radical (unpaired) electrons. The average molecular weight is 459 g/mol. The summed E-state index contributed by atoms with van der Waals surface area (Å²) in [6.07, 6.45) is 0. The molecule has 4 rings (SSSR count). The number of benzene rings is 2. The van der Waals surface area contributed by atoms with Crippen molar-refractivity contribution in [2.75, 3.05) is 0 Å². The first-order chi connectivity index (χ1) is 14.6. The lowest BCUT2D eigenvalue weighted by Crippen LogP contribution is -2.57. The van der Waals surface area contributed by atoms with Gasteiger partial charge in [-0.3, -0.25) is 24.8 Å². The molecule has 1 aromatic heterocycles. The molecule has 1 fully saturated rings. The van der Waals surface area contributed by atoms with Gasteiger partial charge in [0.25, 0.3) is 21.9 Å². The van der Waals surface area contributed by atoms with Crippen LogP contribution in [-0.2, 0) is 19.7 Å². The van der Waals surface area contributed by atoms with Gasteiger partial charge >= 0.3 is 6.03 Å². The van der Waals surface area contributed by atoms with E-state index in [9.17, 15) is 27.4 Å². The third kappa shape index (κ3) is 4.19. The molecule has 0 unspecified atom stereocenters. The molecule has 1 aliphatic rings. The molecule has 0 atom stereocenters. The lowest BCUT2D eigenvalue weighted by atomic mass is 10.2. The highest BCUT2D eigenvalue weighted by atomic mass is 32.2. The number of imide groups is 2. The van der Waals surface area contributed by atoms with Gasteiger partial charge in [0.15, 0.2) is 0 Å². The molecule has 0 saturated carbocycles. The number of fused-ring (bicyclic) bond motifs is 1. The third-order valence-electron chi connectivity index (χ3n) is 4.28. The van der Waals surface area contributed by atoms with Crippen LogP contribution in [0.4, 0.5) is 10.5 Å². The smallest absolute Gasteiger partial charge is 0.282 e. The minimum absolute atomic E-state index is 0.291. The normalized spacial score (nSPS) is 15.5. The minimum atomic E-state index is -4.72. The maximum atomic E-state index is 11.9. The number of nitrogens with zero attached hydrogens (tertiary/aromatic N) is 3. The van der Waals surface area contributed by atoms with E-state index in [0.717, 1.165) is 15.8 Å². The first-order valence-electron chi connectivity index (χ1n) is 8.67. The van der Waals surface area contributed by atoms with Crippen molar-refractivity contribution in [1.82, 2.24) is 15.6 Å². The second kappa shape index (κ2) is 7.61. The van der Waals surface area contributed by atoms with Gasteiger partial charge < -0.3 is 0 Å². The Balaban J connectivity index is 1.73. The molecule has 0 aliphatic carbocycles. The van der Waals surface area contributed by atoms with E-state index in [4.69, 9.17) is 0 Å². The fourth-order valence-electron chi connectivity index (χ4n) is 2.83. The van der Waals surface area contributed by atoms with E-state index < -0.39 is 38.9 Å². The lowest BCUT2D eigenvalue weighted by molar-refractivity contribution is -0.131. The molecule has 3 aromatic rings. The molecule has 158 valence electrons. The Labute approximate surface area is 179 Å². The number of nitrogens with one attached hydrogen (secondary N) is 2. The zero-order valence-electron chi connectivity index (χ0n) is 15.7. The zero-order chi connectivity index (χ0) is 22.3. The topological polar surface area (TPSA) is 167 Å². The van der Waals surface area contributed by atoms with Crippen molar-refractivity contribution < 1.29 is 27.4 Å². The highest BCUT2D eigenvalue weighted by Gasteiger charge is 2.34. The third-order valence-corrected chi connectivity index (χ3v) is 6.23. The Morgan fingerprint density at radius 2 is 1.77 bits per heavy atom. The summed E-state index contributed by atoms with van der Waals surface area (Å²) < 4.78 is 34.4. The van der Waals surface area contributed by atoms with Crippen LogP contribution < -0.4 is 10.6 Å². The van der Waals surface area contributed by atoms with Crippen LogP contribution in [0.1, 0.15) is 5.56 Å². The zero-order valence-corrected chi connectivity index (χ0v) is 17.3. The van der Waals surface area contributed by atoms with E-state index >= 15 is 0 Å². The summed E-state index contributed by atoms with van der Waals surface area (Å²) in [5.74, 6) is -2.01. The summed E-state index contributed by atoms with van der Waals surface area (Å²) in [7, 11) is -4.72. The predicted molar refractivity (Wildman–Crippen MR) is 110 cm³/mol. The second-order valence-corrected chi connectivity index (χ2v) is 8.99. The molecule has 0 bridgehead atoms. The summed E-state index contributed by atoms with van der Waals surface area (Å²) in [5.41, 5.74) is 1.92. The average Bonchev–Trinajstić information content (AvgIpc) is 3.09. The number of urea groups is 1. The number of hydrogen-bond acceptors (Lipinski definition) is 9. The van der Waals surface area contributed by atoms with Gasteiger partial charge in [-0.2, -0.15) is 18.6 Å². The fraction of sp³-hybridized carbons (Fsp3) is 0.111. The van der Waals surface area contributed by atoms with Gasteiger partial charge in [-0.25, -0.2) is 9.78 Å². The molecule has 1 aliphatic heterocycles. The summed E-state index contributed by atoms with van der Waals surface area (Å²) >= 11 is 1.35. The second-order valence-electron chi connectivity index (χ2n) is 6.57. The van der Waals surface area contributed by atoms with Crippen molar-refractivity contribution >= 4 is 55.2 Å². The number of rotatable bonds is 4. The minimum Gasteiger partial charge on any atom is -0.282 e. The van der Waals surface area contributed by atoms with E-state index in [-0.39, 0.29) is 5.69 Å². The van der Waals surface area contributed by atoms with Crippen LogP contribution in [0.5, 0.6) is 0 Å². The molecule has 0 spiro atoms. The largest absolute Gasteiger partial charge is 0.328 e. The summed E-state index contributed by atoms with van der Waals surface area (Å²) in [4.78, 5) is 38.5. The number of aromatic nitrogens is 1. The van der Waals surface area contributed by atoms with Crippen molar-refractivity contribution in [2.24, 2.45) is 10.2 Å². The molecule has 2 aromatic carbocycles. The molecule has 11 nitrogen and oxygen atoms in total. The first kappa shape index (κ1) is 20.7. The summed E-state index contributed by atoms with van der Waals surface area (Å²) in [5, 5.41) is 11.4. The van der Waals surface area contributed by atoms with E-state index in [0.29, 0.717) is 10.6 Å². The Morgan fingerprint density at radius 3 is 2.45 bits per heavy atom. The van der Waals surface area contributed by atoms with Crippen molar-refractivity contribution in [3.63, 3.8) is 0 Å². The van der Waals surface area contributed by atoms with Gasteiger partial charge in [0, 0.05) is 5.56 Å². The van der Waals surface area contributed by atoms with Gasteiger partial charge in [-0.15, -0.1) is 11.3 Å². The Bertz CT molecular complexity index is 1380. The number of thiazole rings is 1. The lowest BCUT2D eigenvalue weighted by Gasteiger charge is -2.16. The Kier molecular flexibility index (Phi) is 5.08. The van der Waals surface area contributed by atoms with Crippen molar-refractivity contribution in [1.29, 1.82) is 0 Å². The van der Waals surface area contributed by atoms with Gasteiger partial charge in [-0.1, -0.05) is 6.07 Å². The van der Waals surface area contributed by atoms with Crippen LogP contribution in [0.3, 0.4) is 0 Å². The summed E-state index contributed by atoms with van der Waals surface area (Å²) in [6.45, 7) is 1.94. The molecule has 13 heteroatoms. The van der Waals surface area contributed by atoms with Crippen LogP contribution in [0.15, 0.2) is 51.5 Å². The molecule has 2 heterocycles. The number of carbonyl (C=O) groups is 3. The Morgan fingerprint density at radius 1 is 1.06 bits per heavy atom. The molecule has 1 saturated heterocycles. The number of hydrogen-bond donors (Lipinski definition) is 3. The molecular formula is C18H13N5O6S2. The first-order valence-corrected chi connectivity index (χ1v) is 10.9. The highest BCUT2D eigenvalue weighted by Crippen LogP contribution is 2.35. The predicted octanol–water partition coefficient (Wildman–Crippen LogP) is 2.34. The quantitative estimate of drug-likeness (QED) is 0.306. The maximum Gasteiger partial charge on any atom is 0.328 e. The standard InChI is InChI=1S/C18H13N5O6S2/c1-8-2-4-10-12(6-8)30-17(19-10)9-3-5-11(13(7-9)31(27,28)29)22-23-14-15(24)20-18(26)21-16(14)25/h2-7,14H,1H3,(H,27,28,29)(H2,20,21,24,25,26). The number of aryl methyl sites for hydroxylation is 1. The maximum absolute atomic E-state index is 11.9. The van der Waals surface area contributed by atoms with Crippen LogP contribution in [0.25, 0.3) is 20.8 Å². The van der Waals surface area contributed by atoms with Crippen molar-refractivity contribution in [2.45, 2.75) is 17.9 Å². The number of carbonyl (C=O) groups excluding carboxylic acids is 3. The molecule has 3 N–H and O–H groups in total. The monoisotopic (exact) mass is 459 g/mol. The number of barbiturate groups is 1. The van der Waals surface area contributed by atoms with E-state index in [1.165, 1.54) is 29.5 Å². The fourth-order valence-corrected chi connectivity index (χ4v) is 4.54. The van der Waals surface area contributed by atoms with Crippen molar-refractivity contribution in [3.8, 4) is 10.6 Å². The van der Waals surface area contributed by atoms with Crippen LogP contribution in [0.2, 0.25) is 0 Å². The Hall–Kier alpha value is -3.55. The van der Waals surface area contributed by atoms with Gasteiger partial charge in [0.2, 0.25) is 6.04 Å². The number of azo groups is 1. The van der Waals surface area contributed by atoms with Gasteiger partial charge in [0.1, 0.15) is 15.6 Å². The van der Waals surface area contributed by atoms with Crippen molar-refractivity contribution in [3.05, 3.63) is 42.0 Å². The highest BCUT2D eigenvalue weighted by molar-refractivity contribution is 7.86. The van der Waals surface area contributed by atoms with Gasteiger partial charge in [0.05, 0.1) is 10.2 Å². The molecule has 4 amide bonds. The molecular weight excluding hydrogens is 446 g/mol. The van der Waals surface area contributed by atoms with E-state index in [1.807, 2.05) is 35.8 Å². The molecule has 31 heavy (non-hydrogen) atoms. The van der Waals surface area contributed by atoms with Crippen LogP contribution in [0, 0.1) is 6.92 Å². The SMILES string of the molecule is Cc1ccc2nc(-c3ccc(N=NC4C(=O)NC(=O)NC4=O)c(S(=O)(=O)O)c3)sc2c1. The van der Waals surface area contributed by atoms with E-state index in [2.05, 4.69) is 15.2 Å². The van der Waals surface area contributed by atoms with Gasteiger partial charge in [-0.05, 0) is 42.8 Å². The number of amides is 4. The summed E-state index contributed by atoms with van der Waals surface area (Å²) in [6, 6.07) is 7.01. The van der Waals surface area contributed by atoms with Crippen LogP contribution in [-0.4, -0.2) is 41.8 Å².